The summed E-state index contributed by atoms with van der Waals surface area (Å²) in [6.07, 6.45) is 46.5. The summed E-state index contributed by atoms with van der Waals surface area (Å²) in [5.41, 5.74) is 0. The second-order valence-electron chi connectivity index (χ2n) is 21.5. The smallest absolute Gasteiger partial charge is 0.220 e. The minimum atomic E-state index is -1.79. The number of nitrogens with one attached hydrogen (secondary N) is 1. The molecule has 12 atom stereocenters. The van der Waals surface area contributed by atoms with Gasteiger partial charge in [-0.2, -0.15) is 0 Å². The van der Waals surface area contributed by atoms with Gasteiger partial charge in [0, 0.05) is 6.42 Å². The first-order valence-electron chi connectivity index (χ1n) is 30.7. The molecule has 2 aliphatic heterocycles. The normalized spacial score (nSPS) is 25.2. The van der Waals surface area contributed by atoms with Gasteiger partial charge in [0.15, 0.2) is 12.6 Å². The van der Waals surface area contributed by atoms with Crippen molar-refractivity contribution in [3.05, 3.63) is 72.9 Å². The van der Waals surface area contributed by atoms with Gasteiger partial charge in [0.2, 0.25) is 5.91 Å². The number of allylic oxidation sites excluding steroid dienone is 11. The van der Waals surface area contributed by atoms with Crippen molar-refractivity contribution in [3.63, 3.8) is 0 Å². The van der Waals surface area contributed by atoms with E-state index in [1.54, 1.807) is 6.08 Å². The van der Waals surface area contributed by atoms with Crippen molar-refractivity contribution in [3.8, 4) is 0 Å². The Kier molecular flexibility index (Phi) is 44.1. The van der Waals surface area contributed by atoms with Crippen LogP contribution in [0.5, 0.6) is 0 Å². The topological polar surface area (TPSA) is 228 Å². The number of rotatable bonds is 48. The minimum Gasteiger partial charge on any atom is -0.394 e. The predicted molar refractivity (Wildman–Crippen MR) is 309 cm³/mol. The molecule has 12 unspecified atom stereocenters. The van der Waals surface area contributed by atoms with E-state index in [4.69, 9.17) is 18.9 Å². The van der Waals surface area contributed by atoms with Gasteiger partial charge in [-0.1, -0.05) is 228 Å². The molecule has 9 N–H and O–H groups in total. The van der Waals surface area contributed by atoms with E-state index in [1.807, 2.05) is 6.08 Å². The van der Waals surface area contributed by atoms with Crippen molar-refractivity contribution < 1.29 is 64.6 Å². The SMILES string of the molecule is CC/C=C\C/C=C\C/C=C\C/C=C\C/C=C\CCCCCCCCCCCCCC(=O)NC(COC1OC(CO)C(OC2OC(CO)C(O)C(O)C2O)C(O)C1O)C(O)/C=C/CCCCCCCCCCCCCCCC. The summed E-state index contributed by atoms with van der Waals surface area (Å²) in [7, 11) is 0. The number of hydrogen-bond donors (Lipinski definition) is 9. The molecule has 2 fully saturated rings. The third-order valence-corrected chi connectivity index (χ3v) is 14.6. The van der Waals surface area contributed by atoms with Crippen LogP contribution in [-0.2, 0) is 23.7 Å². The maximum atomic E-state index is 13.3. The van der Waals surface area contributed by atoms with Crippen LogP contribution in [-0.4, -0.2) is 140 Å². The highest BCUT2D eigenvalue weighted by Crippen LogP contribution is 2.30. The van der Waals surface area contributed by atoms with Crippen LogP contribution in [0.1, 0.15) is 226 Å². The zero-order valence-electron chi connectivity index (χ0n) is 47.9. The second kappa shape index (κ2) is 48.2. The number of ether oxygens (including phenoxy) is 4. The van der Waals surface area contributed by atoms with Crippen molar-refractivity contribution in [1.82, 2.24) is 5.32 Å². The lowest BCUT2D eigenvalue weighted by Gasteiger charge is -2.46. The van der Waals surface area contributed by atoms with Gasteiger partial charge in [-0.25, -0.2) is 0 Å². The van der Waals surface area contributed by atoms with E-state index in [2.05, 4.69) is 79.9 Å². The van der Waals surface area contributed by atoms with Crippen LogP contribution in [0.4, 0.5) is 0 Å². The molecule has 0 spiro atoms. The van der Waals surface area contributed by atoms with Crippen molar-refractivity contribution in [1.29, 1.82) is 0 Å². The number of carbonyl (C=O) groups excluding carboxylic acids is 1. The molecule has 77 heavy (non-hydrogen) atoms. The molecule has 1 amide bonds. The van der Waals surface area contributed by atoms with Crippen LogP contribution in [0.25, 0.3) is 0 Å². The summed E-state index contributed by atoms with van der Waals surface area (Å²) in [6, 6.07) is -0.920. The zero-order valence-corrected chi connectivity index (χ0v) is 47.9. The van der Waals surface area contributed by atoms with Gasteiger partial charge < -0.3 is 65.1 Å². The molecule has 2 aliphatic rings. The van der Waals surface area contributed by atoms with Crippen LogP contribution in [0.15, 0.2) is 72.9 Å². The van der Waals surface area contributed by atoms with Crippen LogP contribution in [0.3, 0.4) is 0 Å². The van der Waals surface area contributed by atoms with Gasteiger partial charge in [0.05, 0.1) is 32.0 Å². The van der Waals surface area contributed by atoms with Gasteiger partial charge in [-0.3, -0.25) is 4.79 Å². The van der Waals surface area contributed by atoms with E-state index in [1.165, 1.54) is 122 Å². The molecule has 0 aromatic carbocycles. The maximum absolute atomic E-state index is 13.3. The Bertz CT molecular complexity index is 1570. The number of hydrogen-bond acceptors (Lipinski definition) is 13. The molecule has 0 bridgehead atoms. The average molecular weight is 1090 g/mol. The van der Waals surface area contributed by atoms with E-state index >= 15 is 0 Å². The minimum absolute atomic E-state index is 0.245. The Labute approximate surface area is 466 Å². The molecule has 2 saturated heterocycles. The van der Waals surface area contributed by atoms with E-state index in [9.17, 15) is 45.6 Å². The average Bonchev–Trinajstić information content (AvgIpc) is 3.43. The molecule has 0 aliphatic carbocycles. The number of carbonyl (C=O) groups is 1. The van der Waals surface area contributed by atoms with Crippen LogP contribution in [0.2, 0.25) is 0 Å². The molecule has 2 heterocycles. The monoisotopic (exact) mass is 1090 g/mol. The van der Waals surface area contributed by atoms with Crippen molar-refractivity contribution in [2.75, 3.05) is 19.8 Å². The molecule has 0 aromatic rings. The molecule has 14 nitrogen and oxygen atoms in total. The molecular weight excluding hydrogens is 979 g/mol. The maximum Gasteiger partial charge on any atom is 0.220 e. The molecule has 0 radical (unpaired) electrons. The third kappa shape index (κ3) is 33.7. The van der Waals surface area contributed by atoms with Gasteiger partial charge in [0.1, 0.15) is 48.8 Å². The highest BCUT2D eigenvalue weighted by atomic mass is 16.7. The second-order valence-corrected chi connectivity index (χ2v) is 21.5. The molecule has 446 valence electrons. The Balaban J connectivity index is 1.73. The molecular formula is C63H111NO13. The summed E-state index contributed by atoms with van der Waals surface area (Å²) in [6.45, 7) is 2.68. The van der Waals surface area contributed by atoms with E-state index < -0.39 is 86.8 Å². The van der Waals surface area contributed by atoms with Crippen LogP contribution >= 0.6 is 0 Å². The van der Waals surface area contributed by atoms with Crippen LogP contribution in [0, 0.1) is 0 Å². The van der Waals surface area contributed by atoms with Crippen molar-refractivity contribution in [2.45, 2.75) is 299 Å². The Morgan fingerprint density at radius 3 is 1.38 bits per heavy atom. The highest BCUT2D eigenvalue weighted by molar-refractivity contribution is 5.76. The van der Waals surface area contributed by atoms with Gasteiger partial charge in [0.25, 0.3) is 0 Å². The Morgan fingerprint density at radius 1 is 0.481 bits per heavy atom. The third-order valence-electron chi connectivity index (χ3n) is 14.6. The fraction of sp³-hybridized carbons (Fsp3) is 0.794. The lowest BCUT2D eigenvalue weighted by atomic mass is 9.97. The number of unbranched alkanes of at least 4 members (excludes halogenated alkanes) is 25. The van der Waals surface area contributed by atoms with Gasteiger partial charge in [-0.05, 0) is 64.2 Å². The zero-order chi connectivity index (χ0) is 56.0. The molecule has 0 saturated carbocycles. The lowest BCUT2D eigenvalue weighted by molar-refractivity contribution is -0.359. The summed E-state index contributed by atoms with van der Waals surface area (Å²) in [4.78, 5) is 13.3. The molecule has 14 heteroatoms. The van der Waals surface area contributed by atoms with Crippen molar-refractivity contribution >= 4 is 5.91 Å². The molecule has 2 rings (SSSR count). The Morgan fingerprint density at radius 2 is 0.896 bits per heavy atom. The predicted octanol–water partition coefficient (Wildman–Crippen LogP) is 10.7. The number of aliphatic hydroxyl groups is 8. The Hall–Kier alpha value is -2.57. The lowest BCUT2D eigenvalue weighted by Crippen LogP contribution is -2.65. The summed E-state index contributed by atoms with van der Waals surface area (Å²) in [5.74, 6) is -0.245. The summed E-state index contributed by atoms with van der Waals surface area (Å²) >= 11 is 0. The fourth-order valence-corrected chi connectivity index (χ4v) is 9.73. The quantitative estimate of drug-likeness (QED) is 0.0204. The summed E-state index contributed by atoms with van der Waals surface area (Å²) < 4.78 is 22.8. The number of amides is 1. The van der Waals surface area contributed by atoms with E-state index in [0.29, 0.717) is 6.42 Å². The van der Waals surface area contributed by atoms with E-state index in [-0.39, 0.29) is 18.9 Å². The highest BCUT2D eigenvalue weighted by Gasteiger charge is 2.51. The van der Waals surface area contributed by atoms with E-state index in [0.717, 1.165) is 77.0 Å². The molecule has 0 aromatic heterocycles. The summed E-state index contributed by atoms with van der Waals surface area (Å²) in [5, 5.41) is 87.1. The number of aliphatic hydroxyl groups excluding tert-OH is 8. The van der Waals surface area contributed by atoms with Crippen molar-refractivity contribution in [2.24, 2.45) is 0 Å². The van der Waals surface area contributed by atoms with Gasteiger partial charge >= 0.3 is 0 Å². The largest absolute Gasteiger partial charge is 0.394 e. The first kappa shape index (κ1) is 70.5. The first-order valence-corrected chi connectivity index (χ1v) is 30.7. The fourth-order valence-electron chi connectivity index (χ4n) is 9.73. The standard InChI is InChI=1S/C63H111NO13/c1-3-5-7-9-11-13-15-17-19-21-22-23-24-25-26-27-28-29-30-31-33-35-37-39-41-43-45-47-55(68)64-51(52(67)46-44-42-40-38-36-34-32-20-18-16-14-12-10-8-6-4-2)50-74-62-60(73)58(71)61(54(49-66)76-62)77-63-59(72)57(70)56(69)53(48-65)75-63/h5,7,11,13,17,19,22-23,25-26,44,46,51-54,56-63,65-67,69-73H,3-4,6,8-10,12,14-16,18,20-21,24,27-43,45,47-50H2,1-2H3,(H,64,68)/b7-5-,13-11-,19-17-,23-22-,26-25-,46-44+. The van der Waals surface area contributed by atoms with Gasteiger partial charge in [-0.15, -0.1) is 0 Å². The first-order chi connectivity index (χ1) is 37.6. The van der Waals surface area contributed by atoms with Crippen LogP contribution < -0.4 is 5.32 Å².